The van der Waals surface area contributed by atoms with Crippen molar-refractivity contribution in [3.63, 3.8) is 0 Å². The lowest BCUT2D eigenvalue weighted by Gasteiger charge is -2.27. The van der Waals surface area contributed by atoms with E-state index in [9.17, 15) is 4.79 Å². The van der Waals surface area contributed by atoms with Crippen molar-refractivity contribution in [3.05, 3.63) is 17.5 Å². The van der Waals surface area contributed by atoms with Crippen LogP contribution in [-0.4, -0.2) is 35.1 Å². The molecule has 0 spiro atoms. The van der Waals surface area contributed by atoms with Crippen molar-refractivity contribution in [1.29, 1.82) is 0 Å². The Hall–Kier alpha value is -1.36. The number of nitrogens with two attached hydrogens (primary N) is 1. The fourth-order valence-corrected chi connectivity index (χ4v) is 3.25. The number of aromatic nitrogens is 1. The van der Waals surface area contributed by atoms with Gasteiger partial charge in [0.05, 0.1) is 5.69 Å². The van der Waals surface area contributed by atoms with Crippen molar-refractivity contribution in [3.8, 4) is 0 Å². The maximum absolute atomic E-state index is 12.2. The summed E-state index contributed by atoms with van der Waals surface area (Å²) in [5, 5.41) is 3.77. The van der Waals surface area contributed by atoms with Gasteiger partial charge in [0.15, 0.2) is 0 Å². The zero-order valence-electron chi connectivity index (χ0n) is 10.6. The number of likely N-dealkylation sites (tertiary alicyclic amines) is 1. The maximum atomic E-state index is 12.2. The van der Waals surface area contributed by atoms with Crippen molar-refractivity contribution < 1.29 is 9.32 Å². The van der Waals surface area contributed by atoms with Crippen molar-refractivity contribution in [2.75, 3.05) is 13.1 Å². The van der Waals surface area contributed by atoms with Gasteiger partial charge in [0.2, 0.25) is 5.76 Å². The first-order valence-electron chi connectivity index (χ1n) is 6.61. The van der Waals surface area contributed by atoms with Crippen LogP contribution in [0.1, 0.15) is 35.5 Å². The second-order valence-corrected chi connectivity index (χ2v) is 5.64. The number of amides is 1. The average Bonchev–Trinajstić information content (AvgIpc) is 2.93. The molecule has 2 fully saturated rings. The molecular formula is C13H19N3O2. The summed E-state index contributed by atoms with van der Waals surface area (Å²) in [6, 6.07) is 2.02. The molecule has 1 aliphatic heterocycles. The van der Waals surface area contributed by atoms with Gasteiger partial charge in [-0.3, -0.25) is 4.79 Å². The summed E-state index contributed by atoms with van der Waals surface area (Å²) in [6.07, 6.45) is 3.28. The minimum atomic E-state index is -0.0291. The highest BCUT2D eigenvalue weighted by molar-refractivity contribution is 5.91. The van der Waals surface area contributed by atoms with Crippen LogP contribution >= 0.6 is 0 Å². The Kier molecular flexibility index (Phi) is 2.86. The molecule has 3 atom stereocenters. The normalized spacial score (nSPS) is 31.4. The third-order valence-corrected chi connectivity index (χ3v) is 4.22. The van der Waals surface area contributed by atoms with Gasteiger partial charge in [-0.15, -0.1) is 0 Å². The number of aryl methyl sites for hydroxylation is 1. The van der Waals surface area contributed by atoms with E-state index in [2.05, 4.69) is 5.16 Å². The largest absolute Gasteiger partial charge is 0.351 e. The highest BCUT2D eigenvalue weighted by atomic mass is 16.5. The number of carbonyl (C=O) groups excluding carboxylic acids is 1. The molecule has 2 aliphatic rings. The third-order valence-electron chi connectivity index (χ3n) is 4.22. The lowest BCUT2D eigenvalue weighted by molar-refractivity contribution is 0.0742. The van der Waals surface area contributed by atoms with Gasteiger partial charge in [0, 0.05) is 25.2 Å². The SMILES string of the molecule is Cc1cc(C(=O)N2C[C@H]3CCC(N)C[C@H]3C2)on1. The molecule has 1 saturated heterocycles. The molecular weight excluding hydrogens is 230 g/mol. The molecule has 0 aromatic carbocycles. The maximum Gasteiger partial charge on any atom is 0.292 e. The topological polar surface area (TPSA) is 72.4 Å². The number of fused-ring (bicyclic) bond motifs is 1. The second-order valence-electron chi connectivity index (χ2n) is 5.64. The monoisotopic (exact) mass is 249 g/mol. The van der Waals surface area contributed by atoms with Crippen molar-refractivity contribution in [2.45, 2.75) is 32.2 Å². The van der Waals surface area contributed by atoms with E-state index >= 15 is 0 Å². The summed E-state index contributed by atoms with van der Waals surface area (Å²) in [6.45, 7) is 3.48. The molecule has 1 saturated carbocycles. The summed E-state index contributed by atoms with van der Waals surface area (Å²) in [4.78, 5) is 14.1. The molecule has 1 aromatic rings. The number of hydrogen-bond acceptors (Lipinski definition) is 4. The molecule has 1 aromatic heterocycles. The van der Waals surface area contributed by atoms with Gasteiger partial charge in [-0.1, -0.05) is 5.16 Å². The molecule has 1 amide bonds. The zero-order chi connectivity index (χ0) is 12.7. The van der Waals surface area contributed by atoms with Crippen LogP contribution in [0.2, 0.25) is 0 Å². The van der Waals surface area contributed by atoms with Crippen LogP contribution in [-0.2, 0) is 0 Å². The van der Waals surface area contributed by atoms with Crippen LogP contribution in [0.5, 0.6) is 0 Å². The van der Waals surface area contributed by atoms with E-state index in [1.807, 2.05) is 11.8 Å². The Morgan fingerprint density at radius 3 is 2.94 bits per heavy atom. The highest BCUT2D eigenvalue weighted by Gasteiger charge is 2.39. The van der Waals surface area contributed by atoms with Crippen LogP contribution in [0, 0.1) is 18.8 Å². The van der Waals surface area contributed by atoms with Crippen LogP contribution in [0.15, 0.2) is 10.6 Å². The van der Waals surface area contributed by atoms with Crippen LogP contribution < -0.4 is 5.73 Å². The van der Waals surface area contributed by atoms with Crippen LogP contribution in [0.3, 0.4) is 0 Å². The molecule has 5 heteroatoms. The molecule has 0 bridgehead atoms. The Bertz CT molecular complexity index is 457. The van der Waals surface area contributed by atoms with Gasteiger partial charge in [-0.05, 0) is 38.0 Å². The molecule has 1 aliphatic carbocycles. The van der Waals surface area contributed by atoms with Gasteiger partial charge in [0.1, 0.15) is 0 Å². The van der Waals surface area contributed by atoms with Gasteiger partial charge in [-0.25, -0.2) is 0 Å². The second kappa shape index (κ2) is 4.39. The first kappa shape index (κ1) is 11.7. The van der Waals surface area contributed by atoms with Crippen LogP contribution in [0.4, 0.5) is 0 Å². The van der Waals surface area contributed by atoms with Gasteiger partial charge < -0.3 is 15.2 Å². The van der Waals surface area contributed by atoms with E-state index in [0.717, 1.165) is 38.0 Å². The molecule has 5 nitrogen and oxygen atoms in total. The summed E-state index contributed by atoms with van der Waals surface area (Å²) in [7, 11) is 0. The lowest BCUT2D eigenvalue weighted by Crippen LogP contribution is -2.32. The number of rotatable bonds is 1. The molecule has 98 valence electrons. The van der Waals surface area contributed by atoms with Crippen LogP contribution in [0.25, 0.3) is 0 Å². The lowest BCUT2D eigenvalue weighted by atomic mass is 9.79. The minimum absolute atomic E-state index is 0.0291. The van der Waals surface area contributed by atoms with Gasteiger partial charge in [-0.2, -0.15) is 0 Å². The van der Waals surface area contributed by atoms with Crippen molar-refractivity contribution >= 4 is 5.91 Å². The molecule has 0 radical (unpaired) electrons. The quantitative estimate of drug-likeness (QED) is 0.811. The van der Waals surface area contributed by atoms with E-state index < -0.39 is 0 Å². The third kappa shape index (κ3) is 2.03. The Balaban J connectivity index is 1.70. The molecule has 3 rings (SSSR count). The Morgan fingerprint density at radius 1 is 1.44 bits per heavy atom. The van der Waals surface area contributed by atoms with E-state index in [-0.39, 0.29) is 5.91 Å². The van der Waals surface area contributed by atoms with Crippen molar-refractivity contribution in [2.24, 2.45) is 17.6 Å². The first-order chi connectivity index (χ1) is 8.63. The van der Waals surface area contributed by atoms with E-state index in [1.54, 1.807) is 6.07 Å². The molecule has 18 heavy (non-hydrogen) atoms. The minimum Gasteiger partial charge on any atom is -0.351 e. The number of carbonyl (C=O) groups is 1. The summed E-state index contributed by atoms with van der Waals surface area (Å²) in [5.74, 6) is 1.52. The molecule has 1 unspecified atom stereocenters. The smallest absolute Gasteiger partial charge is 0.292 e. The predicted octanol–water partition coefficient (Wildman–Crippen LogP) is 1.18. The summed E-state index contributed by atoms with van der Waals surface area (Å²) >= 11 is 0. The molecule has 2 N–H and O–H groups in total. The molecule has 2 heterocycles. The Morgan fingerprint density at radius 2 is 2.22 bits per heavy atom. The van der Waals surface area contributed by atoms with E-state index in [1.165, 1.54) is 0 Å². The zero-order valence-corrected chi connectivity index (χ0v) is 10.6. The average molecular weight is 249 g/mol. The fraction of sp³-hybridized carbons (Fsp3) is 0.692. The Labute approximate surface area is 106 Å². The van der Waals surface area contributed by atoms with Crippen molar-refractivity contribution in [1.82, 2.24) is 10.1 Å². The predicted molar refractivity (Wildman–Crippen MR) is 65.9 cm³/mol. The summed E-state index contributed by atoms with van der Waals surface area (Å²) < 4.78 is 5.05. The van der Waals surface area contributed by atoms with Gasteiger partial charge >= 0.3 is 0 Å². The standard InChI is InChI=1S/C13H19N3O2/c1-8-4-12(18-15-8)13(17)16-6-9-2-3-11(14)5-10(9)7-16/h4,9-11H,2-3,5-7,14H2,1H3/t9-,10+,11?/m1/s1. The summed E-state index contributed by atoms with van der Waals surface area (Å²) in [5.41, 5.74) is 6.74. The highest BCUT2D eigenvalue weighted by Crippen LogP contribution is 2.36. The van der Waals surface area contributed by atoms with E-state index in [0.29, 0.717) is 23.6 Å². The number of hydrogen-bond donors (Lipinski definition) is 1. The number of nitrogens with zero attached hydrogens (tertiary/aromatic N) is 2. The fourth-order valence-electron chi connectivity index (χ4n) is 3.25. The first-order valence-corrected chi connectivity index (χ1v) is 6.61. The van der Waals surface area contributed by atoms with E-state index in [4.69, 9.17) is 10.3 Å². The van der Waals surface area contributed by atoms with Gasteiger partial charge in [0.25, 0.3) is 5.91 Å².